The number of aryl methyl sites for hydroxylation is 1. The second kappa shape index (κ2) is 3.68. The fourth-order valence-electron chi connectivity index (χ4n) is 1.64. The first-order valence-electron chi connectivity index (χ1n) is 4.82. The Labute approximate surface area is 105 Å². The molecule has 0 unspecified atom stereocenters. The summed E-state index contributed by atoms with van der Waals surface area (Å²) in [6.07, 6.45) is 0. The second-order valence-corrected chi connectivity index (χ2v) is 5.76. The average Bonchev–Trinajstić information content (AvgIpc) is 2.81. The fraction of sp³-hybridized carbons (Fsp3) is 0.0909. The summed E-state index contributed by atoms with van der Waals surface area (Å²) in [6, 6.07) is 8.01. The van der Waals surface area contributed by atoms with Gasteiger partial charge in [-0.25, -0.2) is 9.97 Å². The van der Waals surface area contributed by atoms with E-state index in [4.69, 9.17) is 0 Å². The summed E-state index contributed by atoms with van der Waals surface area (Å²) in [5, 5.41) is 0. The minimum absolute atomic E-state index is 0.889. The molecule has 1 N–H and O–H groups in total. The number of halogens is 1. The second-order valence-electron chi connectivity index (χ2n) is 3.48. The molecule has 1 aromatic carbocycles. The third-order valence-corrected chi connectivity index (χ3v) is 3.99. The molecule has 3 nitrogen and oxygen atoms in total. The number of benzene rings is 1. The Bertz CT molecular complexity index is 623. The molecule has 0 atom stereocenters. The minimum atomic E-state index is 0.889. The summed E-state index contributed by atoms with van der Waals surface area (Å²) in [6.45, 7) is 1.99. The van der Waals surface area contributed by atoms with Crippen molar-refractivity contribution in [3.8, 4) is 10.7 Å². The Morgan fingerprint density at radius 1 is 1.25 bits per heavy atom. The molecule has 0 fully saturated rings. The van der Waals surface area contributed by atoms with Crippen molar-refractivity contribution < 1.29 is 0 Å². The molecule has 0 aliphatic rings. The van der Waals surface area contributed by atoms with Gasteiger partial charge in [-0.1, -0.05) is 12.1 Å². The molecular weight excluding hydrogens is 286 g/mol. The van der Waals surface area contributed by atoms with Gasteiger partial charge in [0.05, 0.1) is 21.6 Å². The third-order valence-electron chi connectivity index (χ3n) is 2.37. The number of thiazole rings is 1. The van der Waals surface area contributed by atoms with Gasteiger partial charge in [-0.3, -0.25) is 0 Å². The lowest BCUT2D eigenvalue weighted by atomic mass is 10.3. The smallest absolute Gasteiger partial charge is 0.160 e. The van der Waals surface area contributed by atoms with Crippen LogP contribution in [-0.4, -0.2) is 15.0 Å². The Kier molecular flexibility index (Phi) is 2.29. The van der Waals surface area contributed by atoms with Gasteiger partial charge in [0, 0.05) is 0 Å². The van der Waals surface area contributed by atoms with Crippen LogP contribution in [0.4, 0.5) is 0 Å². The zero-order valence-electron chi connectivity index (χ0n) is 8.49. The standard InChI is InChI=1S/C11H8BrN3S/c1-6-9(16-11(12)13-6)10-14-7-4-2-3-5-8(7)15-10/h2-5H,1H3,(H,14,15). The number of hydrogen-bond donors (Lipinski definition) is 1. The highest BCUT2D eigenvalue weighted by atomic mass is 79.9. The zero-order valence-corrected chi connectivity index (χ0v) is 10.9. The Morgan fingerprint density at radius 3 is 2.75 bits per heavy atom. The van der Waals surface area contributed by atoms with Crippen molar-refractivity contribution in [2.75, 3.05) is 0 Å². The van der Waals surface area contributed by atoms with Crippen molar-refractivity contribution in [1.82, 2.24) is 15.0 Å². The van der Waals surface area contributed by atoms with Crippen LogP contribution >= 0.6 is 27.3 Å². The van der Waals surface area contributed by atoms with E-state index in [0.29, 0.717) is 0 Å². The van der Waals surface area contributed by atoms with Gasteiger partial charge in [0.15, 0.2) is 9.74 Å². The molecule has 3 aromatic rings. The first-order valence-corrected chi connectivity index (χ1v) is 6.43. The first-order chi connectivity index (χ1) is 7.74. The molecule has 0 aliphatic heterocycles. The summed E-state index contributed by atoms with van der Waals surface area (Å²) in [5.74, 6) is 0.891. The summed E-state index contributed by atoms with van der Waals surface area (Å²) in [4.78, 5) is 13.3. The number of aromatic amines is 1. The molecule has 3 rings (SSSR count). The minimum Gasteiger partial charge on any atom is -0.337 e. The molecule has 5 heteroatoms. The van der Waals surface area contributed by atoms with E-state index in [1.807, 2.05) is 31.2 Å². The van der Waals surface area contributed by atoms with Crippen LogP contribution in [0.1, 0.15) is 5.69 Å². The van der Waals surface area contributed by atoms with Crippen molar-refractivity contribution in [1.29, 1.82) is 0 Å². The molecular formula is C11H8BrN3S. The SMILES string of the molecule is Cc1nc(Br)sc1-c1nc2ccccc2[nH]1. The molecule has 0 radical (unpaired) electrons. The molecule has 0 aliphatic carbocycles. The van der Waals surface area contributed by atoms with E-state index in [1.165, 1.54) is 0 Å². The van der Waals surface area contributed by atoms with Gasteiger partial charge in [0.25, 0.3) is 0 Å². The topological polar surface area (TPSA) is 41.6 Å². The summed E-state index contributed by atoms with van der Waals surface area (Å²) < 4.78 is 0.889. The van der Waals surface area contributed by atoms with Gasteiger partial charge in [0.1, 0.15) is 0 Å². The quantitative estimate of drug-likeness (QED) is 0.742. The van der Waals surface area contributed by atoms with Crippen LogP contribution in [0.25, 0.3) is 21.7 Å². The predicted octanol–water partition coefficient (Wildman–Crippen LogP) is 3.76. The fourth-order valence-corrected chi connectivity index (χ4v) is 3.13. The number of rotatable bonds is 1. The van der Waals surface area contributed by atoms with E-state index < -0.39 is 0 Å². The zero-order chi connectivity index (χ0) is 11.1. The Balaban J connectivity index is 2.22. The lowest BCUT2D eigenvalue weighted by molar-refractivity contribution is 1.22. The van der Waals surface area contributed by atoms with Crippen LogP contribution in [0.3, 0.4) is 0 Å². The number of hydrogen-bond acceptors (Lipinski definition) is 3. The predicted molar refractivity (Wildman–Crippen MR) is 69.6 cm³/mol. The van der Waals surface area contributed by atoms with Crippen molar-refractivity contribution in [3.63, 3.8) is 0 Å². The van der Waals surface area contributed by atoms with Gasteiger partial charge in [-0.2, -0.15) is 0 Å². The van der Waals surface area contributed by atoms with Gasteiger partial charge in [0.2, 0.25) is 0 Å². The van der Waals surface area contributed by atoms with Crippen molar-refractivity contribution in [3.05, 3.63) is 33.9 Å². The molecule has 80 valence electrons. The Hall–Kier alpha value is -1.20. The summed E-state index contributed by atoms with van der Waals surface area (Å²) in [7, 11) is 0. The molecule has 0 spiro atoms. The monoisotopic (exact) mass is 293 g/mol. The number of fused-ring (bicyclic) bond motifs is 1. The van der Waals surface area contributed by atoms with E-state index in [9.17, 15) is 0 Å². The number of aromatic nitrogens is 3. The van der Waals surface area contributed by atoms with Crippen LogP contribution in [-0.2, 0) is 0 Å². The number of nitrogens with zero attached hydrogens (tertiary/aromatic N) is 2. The average molecular weight is 294 g/mol. The number of imidazole rings is 1. The van der Waals surface area contributed by atoms with Crippen LogP contribution < -0.4 is 0 Å². The van der Waals surface area contributed by atoms with E-state index >= 15 is 0 Å². The van der Waals surface area contributed by atoms with Crippen molar-refractivity contribution in [2.24, 2.45) is 0 Å². The third kappa shape index (κ3) is 1.56. The number of H-pyrrole nitrogens is 1. The molecule has 2 heterocycles. The largest absolute Gasteiger partial charge is 0.337 e. The number of para-hydroxylation sites is 2. The van der Waals surface area contributed by atoms with Crippen LogP contribution in [0.2, 0.25) is 0 Å². The highest BCUT2D eigenvalue weighted by molar-refractivity contribution is 9.11. The molecule has 0 saturated carbocycles. The maximum absolute atomic E-state index is 4.55. The van der Waals surface area contributed by atoms with Gasteiger partial charge in [-0.05, 0) is 35.0 Å². The molecule has 16 heavy (non-hydrogen) atoms. The lowest BCUT2D eigenvalue weighted by Gasteiger charge is -1.89. The van der Waals surface area contributed by atoms with Crippen LogP contribution in [0, 0.1) is 6.92 Å². The number of nitrogens with one attached hydrogen (secondary N) is 1. The van der Waals surface area contributed by atoms with Crippen molar-refractivity contribution >= 4 is 38.3 Å². The van der Waals surface area contributed by atoms with Gasteiger partial charge in [-0.15, -0.1) is 11.3 Å². The van der Waals surface area contributed by atoms with Crippen LogP contribution in [0.5, 0.6) is 0 Å². The van der Waals surface area contributed by atoms with E-state index in [0.717, 1.165) is 31.3 Å². The normalized spacial score (nSPS) is 11.1. The van der Waals surface area contributed by atoms with Crippen LogP contribution in [0.15, 0.2) is 28.2 Å². The van der Waals surface area contributed by atoms with Gasteiger partial charge < -0.3 is 4.98 Å². The van der Waals surface area contributed by atoms with E-state index in [2.05, 4.69) is 30.9 Å². The highest BCUT2D eigenvalue weighted by Crippen LogP contribution is 2.31. The summed E-state index contributed by atoms with van der Waals surface area (Å²) in [5.41, 5.74) is 3.04. The maximum Gasteiger partial charge on any atom is 0.160 e. The Morgan fingerprint density at radius 2 is 2.06 bits per heavy atom. The summed E-state index contributed by atoms with van der Waals surface area (Å²) >= 11 is 4.98. The van der Waals surface area contributed by atoms with E-state index in [1.54, 1.807) is 11.3 Å². The van der Waals surface area contributed by atoms with Crippen molar-refractivity contribution in [2.45, 2.75) is 6.92 Å². The lowest BCUT2D eigenvalue weighted by Crippen LogP contribution is -1.79. The molecule has 0 bridgehead atoms. The molecule has 0 amide bonds. The molecule has 2 aromatic heterocycles. The van der Waals surface area contributed by atoms with Gasteiger partial charge >= 0.3 is 0 Å². The maximum atomic E-state index is 4.55. The highest BCUT2D eigenvalue weighted by Gasteiger charge is 2.11. The molecule has 0 saturated heterocycles. The first kappa shape index (κ1) is 9.99. The van der Waals surface area contributed by atoms with E-state index in [-0.39, 0.29) is 0 Å².